The number of carboxylic acids is 1. The fourth-order valence-electron chi connectivity index (χ4n) is 4.54. The minimum absolute atomic E-state index is 0.128. The van der Waals surface area contributed by atoms with E-state index in [4.69, 9.17) is 0 Å². The van der Waals surface area contributed by atoms with Crippen LogP contribution in [0.25, 0.3) is 0 Å². The van der Waals surface area contributed by atoms with Crippen molar-refractivity contribution in [3.8, 4) is 0 Å². The van der Waals surface area contributed by atoms with E-state index >= 15 is 0 Å². The molecule has 216 valence electrons. The Kier molecular flexibility index (Phi) is 15.9. The fraction of sp³-hybridized carbons (Fsp3) is 0.742. The average molecular weight is 548 g/mol. The topological polar surface area (TPSA) is 92.2 Å². The predicted octanol–water partition coefficient (Wildman–Crippen LogP) is 8.44. The van der Waals surface area contributed by atoms with Gasteiger partial charge in [0.05, 0.1) is 5.56 Å². The number of allylic oxidation sites excluding steroid dienone is 1. The maximum Gasteiger partial charge on any atom is 0.327 e. The summed E-state index contributed by atoms with van der Waals surface area (Å²) in [6, 6.07) is -0.872. The monoisotopic (exact) mass is 547 g/mol. The minimum atomic E-state index is -0.957. The quantitative estimate of drug-likeness (QED) is 0.125. The van der Waals surface area contributed by atoms with Crippen molar-refractivity contribution in [2.24, 2.45) is 17.8 Å². The molecular formula is C31H53N3O3S. The van der Waals surface area contributed by atoms with Crippen molar-refractivity contribution in [2.45, 2.75) is 124 Å². The molecule has 3 unspecified atom stereocenters. The molecule has 0 aliphatic carbocycles. The molecule has 7 heteroatoms. The number of nitrogens with one attached hydrogen (secondary N) is 1. The number of carbonyl (C=O) groups excluding carboxylic acids is 1. The summed E-state index contributed by atoms with van der Waals surface area (Å²) in [7, 11) is 0. The van der Waals surface area contributed by atoms with Crippen LogP contribution in [0.1, 0.15) is 124 Å². The second-order valence-electron chi connectivity index (χ2n) is 12.1. The lowest BCUT2D eigenvalue weighted by molar-refractivity contribution is -0.138. The third-order valence-electron chi connectivity index (χ3n) is 7.30. The average Bonchev–Trinajstić information content (AvgIpc) is 2.82. The molecule has 0 saturated heterocycles. The molecule has 1 heterocycles. The number of aliphatic carboxylic acids is 1. The summed E-state index contributed by atoms with van der Waals surface area (Å²) in [5, 5.41) is 12.8. The molecule has 0 aromatic carbocycles. The number of aromatic nitrogens is 2. The van der Waals surface area contributed by atoms with Crippen LogP contribution >= 0.6 is 11.8 Å². The summed E-state index contributed by atoms with van der Waals surface area (Å²) < 4.78 is -0.592. The Morgan fingerprint density at radius 1 is 0.947 bits per heavy atom. The number of nitrogens with zero attached hydrogens (tertiary/aromatic N) is 2. The maximum atomic E-state index is 12.0. The van der Waals surface area contributed by atoms with Crippen LogP contribution in [-0.4, -0.2) is 43.4 Å². The number of carboxylic acid groups (broad SMARTS) is 1. The van der Waals surface area contributed by atoms with Crippen LogP contribution in [0.4, 0.5) is 5.95 Å². The van der Waals surface area contributed by atoms with Gasteiger partial charge in [-0.05, 0) is 58.3 Å². The number of carbonyl (C=O) groups is 2. The molecule has 0 aliphatic rings. The first-order valence-corrected chi connectivity index (χ1v) is 15.4. The van der Waals surface area contributed by atoms with E-state index in [1.807, 2.05) is 13.8 Å². The van der Waals surface area contributed by atoms with Crippen LogP contribution < -0.4 is 5.32 Å². The molecule has 1 aromatic heterocycles. The number of ketones is 1. The Morgan fingerprint density at radius 2 is 1.47 bits per heavy atom. The molecule has 6 nitrogen and oxygen atoms in total. The highest BCUT2D eigenvalue weighted by Gasteiger charge is 2.36. The van der Waals surface area contributed by atoms with E-state index in [0.717, 1.165) is 29.9 Å². The third kappa shape index (κ3) is 14.3. The fourth-order valence-corrected chi connectivity index (χ4v) is 5.66. The molecule has 0 radical (unpaired) electrons. The van der Waals surface area contributed by atoms with Gasteiger partial charge in [-0.3, -0.25) is 4.79 Å². The van der Waals surface area contributed by atoms with Crippen molar-refractivity contribution in [3.05, 3.63) is 29.6 Å². The van der Waals surface area contributed by atoms with E-state index in [-0.39, 0.29) is 11.7 Å². The smallest absolute Gasteiger partial charge is 0.327 e. The molecule has 1 aromatic rings. The van der Waals surface area contributed by atoms with Gasteiger partial charge in [0.2, 0.25) is 5.95 Å². The van der Waals surface area contributed by atoms with E-state index in [1.54, 1.807) is 11.8 Å². The first-order chi connectivity index (χ1) is 17.8. The minimum Gasteiger partial charge on any atom is -0.480 e. The van der Waals surface area contributed by atoms with Crippen molar-refractivity contribution in [3.63, 3.8) is 0 Å². The second kappa shape index (κ2) is 17.6. The zero-order valence-corrected chi connectivity index (χ0v) is 26.0. The van der Waals surface area contributed by atoms with Crippen LogP contribution in [0.3, 0.4) is 0 Å². The molecule has 0 bridgehead atoms. The Balaban J connectivity index is 2.39. The molecule has 0 saturated carbocycles. The lowest BCUT2D eigenvalue weighted by atomic mass is 9.91. The van der Waals surface area contributed by atoms with E-state index < -0.39 is 16.8 Å². The summed E-state index contributed by atoms with van der Waals surface area (Å²) in [5.74, 6) is 2.31. The molecule has 0 spiro atoms. The maximum absolute atomic E-state index is 12.0. The van der Waals surface area contributed by atoms with Crippen molar-refractivity contribution >= 4 is 29.5 Å². The van der Waals surface area contributed by atoms with Gasteiger partial charge in [-0.2, -0.15) is 0 Å². The van der Waals surface area contributed by atoms with Crippen molar-refractivity contribution in [1.82, 2.24) is 9.97 Å². The molecule has 0 amide bonds. The number of hydrogen-bond donors (Lipinski definition) is 2. The van der Waals surface area contributed by atoms with Gasteiger partial charge in [0.25, 0.3) is 0 Å². The van der Waals surface area contributed by atoms with Gasteiger partial charge in [-0.25, -0.2) is 14.8 Å². The van der Waals surface area contributed by atoms with Crippen LogP contribution in [-0.2, 0) is 4.79 Å². The lowest BCUT2D eigenvalue weighted by Crippen LogP contribution is -2.46. The van der Waals surface area contributed by atoms with Crippen molar-refractivity contribution in [2.75, 3.05) is 11.1 Å². The first-order valence-electron chi connectivity index (χ1n) is 14.4. The summed E-state index contributed by atoms with van der Waals surface area (Å²) >= 11 is 1.60. The van der Waals surface area contributed by atoms with E-state index in [1.165, 1.54) is 76.3 Å². The van der Waals surface area contributed by atoms with Crippen LogP contribution in [0.2, 0.25) is 0 Å². The van der Waals surface area contributed by atoms with Gasteiger partial charge in [-0.15, -0.1) is 11.8 Å². The Labute approximate surface area is 236 Å². The van der Waals surface area contributed by atoms with Gasteiger partial charge in [0.15, 0.2) is 5.78 Å². The number of Topliss-reactive ketones (excluding diaryl/α,β-unsaturated/α-hetero) is 1. The highest BCUT2D eigenvalue weighted by molar-refractivity contribution is 8.00. The van der Waals surface area contributed by atoms with Gasteiger partial charge in [-0.1, -0.05) is 84.3 Å². The van der Waals surface area contributed by atoms with Gasteiger partial charge >= 0.3 is 5.97 Å². The molecule has 0 aliphatic heterocycles. The largest absolute Gasteiger partial charge is 0.480 e. The number of anilines is 1. The molecule has 1 rings (SSSR count). The summed E-state index contributed by atoms with van der Waals surface area (Å²) in [4.78, 5) is 31.7. The van der Waals surface area contributed by atoms with Gasteiger partial charge < -0.3 is 10.4 Å². The van der Waals surface area contributed by atoms with E-state index in [0.29, 0.717) is 5.56 Å². The standard InChI is InChI=1S/C31H53N3O3S/c1-22(2)12-9-13-23(3)14-10-15-24(4)16-11-17-25(5)18-19-38-31(7,8)28(29(36)37)34-30-32-20-27(21-33-30)26(6)35/h18,20-24,28H,9-17,19H2,1-8H3,(H,36,37)(H,32,33,34)/b25-18+. The van der Waals surface area contributed by atoms with Crippen molar-refractivity contribution < 1.29 is 14.7 Å². The Hall–Kier alpha value is -1.89. The number of hydrogen-bond acceptors (Lipinski definition) is 6. The van der Waals surface area contributed by atoms with Crippen LogP contribution in [0.5, 0.6) is 0 Å². The molecular weight excluding hydrogens is 494 g/mol. The SMILES string of the molecule is CC(=O)c1cnc(NC(C(=O)O)C(C)(C)SC/C=C(\C)CCCC(C)CCCC(C)CCCC(C)C)nc1. The second-order valence-corrected chi connectivity index (χ2v) is 13.8. The molecule has 2 N–H and O–H groups in total. The third-order valence-corrected chi connectivity index (χ3v) is 8.61. The van der Waals surface area contributed by atoms with E-state index in [9.17, 15) is 14.7 Å². The lowest BCUT2D eigenvalue weighted by Gasteiger charge is -2.31. The Morgan fingerprint density at radius 3 is 1.97 bits per heavy atom. The summed E-state index contributed by atoms with van der Waals surface area (Å²) in [6.45, 7) is 16.9. The summed E-state index contributed by atoms with van der Waals surface area (Å²) in [6.07, 6.45) is 16.7. The predicted molar refractivity (Wildman–Crippen MR) is 162 cm³/mol. The van der Waals surface area contributed by atoms with Crippen LogP contribution in [0.15, 0.2) is 24.0 Å². The first kappa shape index (κ1) is 34.1. The zero-order chi connectivity index (χ0) is 28.7. The molecule has 3 atom stereocenters. The summed E-state index contributed by atoms with van der Waals surface area (Å²) in [5.41, 5.74) is 1.76. The Bertz CT molecular complexity index is 868. The van der Waals surface area contributed by atoms with Crippen LogP contribution in [0, 0.1) is 17.8 Å². The molecule has 0 fully saturated rings. The number of thioether (sulfide) groups is 1. The highest BCUT2D eigenvalue weighted by Crippen LogP contribution is 2.31. The van der Waals surface area contributed by atoms with Crippen molar-refractivity contribution in [1.29, 1.82) is 0 Å². The van der Waals surface area contributed by atoms with Gasteiger partial charge in [0.1, 0.15) is 6.04 Å². The van der Waals surface area contributed by atoms with E-state index in [2.05, 4.69) is 56.0 Å². The molecule has 38 heavy (non-hydrogen) atoms. The van der Waals surface area contributed by atoms with Gasteiger partial charge in [0, 0.05) is 22.9 Å². The zero-order valence-electron chi connectivity index (χ0n) is 25.2. The highest BCUT2D eigenvalue weighted by atomic mass is 32.2. The normalized spacial score (nSPS) is 14.8. The number of rotatable bonds is 20.